The van der Waals surface area contributed by atoms with Crippen molar-refractivity contribution in [2.75, 3.05) is 6.54 Å². The molecule has 0 aliphatic rings. The highest BCUT2D eigenvalue weighted by Crippen LogP contribution is 2.20. The van der Waals surface area contributed by atoms with Crippen LogP contribution in [0.4, 0.5) is 0 Å². The molecule has 0 aliphatic heterocycles. The number of nitrogens with zero attached hydrogens (tertiary/aromatic N) is 1. The van der Waals surface area contributed by atoms with Gasteiger partial charge in [0.25, 0.3) is 0 Å². The maximum absolute atomic E-state index is 10.8. The van der Waals surface area contributed by atoms with E-state index >= 15 is 0 Å². The van der Waals surface area contributed by atoms with Gasteiger partial charge in [0.2, 0.25) is 0 Å². The Kier molecular flexibility index (Phi) is 2.66. The summed E-state index contributed by atoms with van der Waals surface area (Å²) in [5.41, 5.74) is 8.00. The van der Waals surface area contributed by atoms with Crippen LogP contribution in [0.5, 0.6) is 0 Å². The molecule has 0 amide bonds. The molecule has 0 spiro atoms. The van der Waals surface area contributed by atoms with Crippen LogP contribution in [0.3, 0.4) is 0 Å². The summed E-state index contributed by atoms with van der Waals surface area (Å²) in [6, 6.07) is 7.14. The van der Waals surface area contributed by atoms with E-state index in [2.05, 4.69) is 0 Å². The molecule has 0 unspecified atom stereocenters. The molecule has 0 atom stereocenters. The number of carboxylic acids is 1. The summed E-state index contributed by atoms with van der Waals surface area (Å²) in [5, 5.41) is 9.85. The monoisotopic (exact) mass is 218 g/mol. The van der Waals surface area contributed by atoms with Crippen molar-refractivity contribution in [3.8, 4) is 0 Å². The molecule has 1 aromatic carbocycles. The minimum Gasteiger partial charge on any atom is -0.478 e. The standard InChI is InChI=1S/C12H14N2O2/c1-14-10(4-5-13)7-9-6-8(12(15)16)2-3-11(9)14/h2-3,6-7H,4-5,13H2,1H3,(H,15,16). The van der Waals surface area contributed by atoms with Crippen LogP contribution in [0, 0.1) is 0 Å². The molecular weight excluding hydrogens is 204 g/mol. The average molecular weight is 218 g/mol. The molecular formula is C12H14N2O2. The second-order valence-corrected chi connectivity index (χ2v) is 3.81. The fourth-order valence-corrected chi connectivity index (χ4v) is 1.93. The molecule has 0 bridgehead atoms. The molecule has 4 nitrogen and oxygen atoms in total. The van der Waals surface area contributed by atoms with Gasteiger partial charge >= 0.3 is 5.97 Å². The Morgan fingerprint density at radius 2 is 2.19 bits per heavy atom. The molecule has 2 aromatic rings. The van der Waals surface area contributed by atoms with Crippen molar-refractivity contribution >= 4 is 16.9 Å². The molecule has 3 N–H and O–H groups in total. The van der Waals surface area contributed by atoms with E-state index in [1.807, 2.05) is 23.7 Å². The van der Waals surface area contributed by atoms with Crippen molar-refractivity contribution in [1.82, 2.24) is 4.57 Å². The first-order valence-electron chi connectivity index (χ1n) is 5.15. The Hall–Kier alpha value is -1.81. The second-order valence-electron chi connectivity index (χ2n) is 3.81. The lowest BCUT2D eigenvalue weighted by Crippen LogP contribution is -2.06. The zero-order valence-corrected chi connectivity index (χ0v) is 9.10. The molecule has 1 heterocycles. The van der Waals surface area contributed by atoms with E-state index < -0.39 is 5.97 Å². The lowest BCUT2D eigenvalue weighted by molar-refractivity contribution is 0.0697. The number of hydrogen-bond acceptors (Lipinski definition) is 2. The summed E-state index contributed by atoms with van der Waals surface area (Å²) in [6.45, 7) is 0.593. The van der Waals surface area contributed by atoms with Crippen LogP contribution in [0.15, 0.2) is 24.3 Å². The number of rotatable bonds is 3. The molecule has 0 saturated carbocycles. The summed E-state index contributed by atoms with van der Waals surface area (Å²) in [7, 11) is 1.97. The van der Waals surface area contributed by atoms with E-state index in [1.165, 1.54) is 0 Å². The van der Waals surface area contributed by atoms with Crippen molar-refractivity contribution in [1.29, 1.82) is 0 Å². The van der Waals surface area contributed by atoms with Crippen LogP contribution < -0.4 is 5.73 Å². The summed E-state index contributed by atoms with van der Waals surface area (Å²) in [4.78, 5) is 10.8. The van der Waals surface area contributed by atoms with Gasteiger partial charge in [0.1, 0.15) is 0 Å². The number of benzene rings is 1. The molecule has 0 aliphatic carbocycles. The zero-order chi connectivity index (χ0) is 11.7. The predicted octanol–water partition coefficient (Wildman–Crippen LogP) is 1.38. The molecule has 16 heavy (non-hydrogen) atoms. The first kappa shape index (κ1) is 10.7. The van der Waals surface area contributed by atoms with Gasteiger partial charge in [-0.05, 0) is 37.2 Å². The van der Waals surface area contributed by atoms with Crippen LogP contribution >= 0.6 is 0 Å². The largest absolute Gasteiger partial charge is 0.478 e. The first-order chi connectivity index (χ1) is 7.63. The molecule has 0 saturated heterocycles. The highest BCUT2D eigenvalue weighted by atomic mass is 16.4. The van der Waals surface area contributed by atoms with Crippen molar-refractivity contribution in [2.45, 2.75) is 6.42 Å². The van der Waals surface area contributed by atoms with Gasteiger partial charge in [-0.1, -0.05) is 0 Å². The van der Waals surface area contributed by atoms with Gasteiger partial charge in [0, 0.05) is 23.6 Å². The number of carboxylic acid groups (broad SMARTS) is 1. The maximum atomic E-state index is 10.8. The fraction of sp³-hybridized carbons (Fsp3) is 0.250. The van der Waals surface area contributed by atoms with Gasteiger partial charge in [-0.15, -0.1) is 0 Å². The minimum atomic E-state index is -0.897. The van der Waals surface area contributed by atoms with Gasteiger partial charge in [-0.2, -0.15) is 0 Å². The number of aryl methyl sites for hydroxylation is 1. The van der Waals surface area contributed by atoms with E-state index in [4.69, 9.17) is 10.8 Å². The molecule has 0 fully saturated rings. The molecule has 2 rings (SSSR count). The van der Waals surface area contributed by atoms with Crippen LogP contribution in [0.25, 0.3) is 10.9 Å². The second kappa shape index (κ2) is 3.98. The van der Waals surface area contributed by atoms with E-state index in [0.29, 0.717) is 12.1 Å². The van der Waals surface area contributed by atoms with Crippen LogP contribution in [-0.2, 0) is 13.5 Å². The molecule has 0 radical (unpaired) electrons. The number of aromatic nitrogens is 1. The Morgan fingerprint density at radius 3 is 2.81 bits per heavy atom. The third-order valence-electron chi connectivity index (χ3n) is 2.79. The highest BCUT2D eigenvalue weighted by molar-refractivity contribution is 5.94. The molecule has 4 heteroatoms. The Labute approximate surface area is 93.3 Å². The normalized spacial score (nSPS) is 10.9. The summed E-state index contributed by atoms with van der Waals surface area (Å²) in [6.07, 6.45) is 0.799. The fourth-order valence-electron chi connectivity index (χ4n) is 1.93. The van der Waals surface area contributed by atoms with Crippen LogP contribution in [0.2, 0.25) is 0 Å². The van der Waals surface area contributed by atoms with Gasteiger partial charge in [0.15, 0.2) is 0 Å². The van der Waals surface area contributed by atoms with E-state index in [0.717, 1.165) is 23.0 Å². The van der Waals surface area contributed by atoms with E-state index in [9.17, 15) is 4.79 Å². The van der Waals surface area contributed by atoms with Crippen molar-refractivity contribution in [2.24, 2.45) is 12.8 Å². The maximum Gasteiger partial charge on any atom is 0.335 e. The SMILES string of the molecule is Cn1c(CCN)cc2cc(C(=O)O)ccc21. The van der Waals surface area contributed by atoms with Crippen LogP contribution in [-0.4, -0.2) is 22.2 Å². The summed E-state index contributed by atoms with van der Waals surface area (Å²) < 4.78 is 2.05. The first-order valence-corrected chi connectivity index (χ1v) is 5.15. The topological polar surface area (TPSA) is 68.2 Å². The molecule has 1 aromatic heterocycles. The van der Waals surface area contributed by atoms with Gasteiger partial charge < -0.3 is 15.4 Å². The summed E-state index contributed by atoms with van der Waals surface area (Å²) in [5.74, 6) is -0.897. The van der Waals surface area contributed by atoms with Crippen LogP contribution in [0.1, 0.15) is 16.1 Å². The van der Waals surface area contributed by atoms with Gasteiger partial charge in [0.05, 0.1) is 5.56 Å². The quantitative estimate of drug-likeness (QED) is 0.817. The van der Waals surface area contributed by atoms with E-state index in [1.54, 1.807) is 12.1 Å². The number of aromatic carboxylic acids is 1. The van der Waals surface area contributed by atoms with Crippen molar-refractivity contribution in [3.05, 3.63) is 35.5 Å². The van der Waals surface area contributed by atoms with Crippen molar-refractivity contribution < 1.29 is 9.90 Å². The predicted molar refractivity (Wildman–Crippen MR) is 62.6 cm³/mol. The Balaban J connectivity index is 2.58. The molecule has 84 valence electrons. The van der Waals surface area contributed by atoms with E-state index in [-0.39, 0.29) is 0 Å². The average Bonchev–Trinajstić information content (AvgIpc) is 2.56. The minimum absolute atomic E-state index is 0.317. The lowest BCUT2D eigenvalue weighted by Gasteiger charge is -2.02. The Morgan fingerprint density at radius 1 is 1.44 bits per heavy atom. The zero-order valence-electron chi connectivity index (χ0n) is 9.10. The number of carbonyl (C=O) groups is 1. The third kappa shape index (κ3) is 1.67. The summed E-state index contributed by atoms with van der Waals surface area (Å²) >= 11 is 0. The number of hydrogen-bond donors (Lipinski definition) is 2. The third-order valence-corrected chi connectivity index (χ3v) is 2.79. The highest BCUT2D eigenvalue weighted by Gasteiger charge is 2.08. The van der Waals surface area contributed by atoms with Gasteiger partial charge in [-0.3, -0.25) is 0 Å². The lowest BCUT2D eigenvalue weighted by atomic mass is 10.1. The number of nitrogens with two attached hydrogens (primary N) is 1. The van der Waals surface area contributed by atoms with Crippen molar-refractivity contribution in [3.63, 3.8) is 0 Å². The Bertz CT molecular complexity index is 543. The smallest absolute Gasteiger partial charge is 0.335 e. The van der Waals surface area contributed by atoms with Gasteiger partial charge in [-0.25, -0.2) is 4.79 Å². The number of fused-ring (bicyclic) bond motifs is 1.